The minimum atomic E-state index is 0.573. The monoisotopic (exact) mass is 312 g/mol. The van der Waals surface area contributed by atoms with Gasteiger partial charge in [-0.15, -0.1) is 11.8 Å². The van der Waals surface area contributed by atoms with Gasteiger partial charge in [-0.3, -0.25) is 9.88 Å². The zero-order chi connectivity index (χ0) is 15.0. The van der Waals surface area contributed by atoms with E-state index in [-0.39, 0.29) is 0 Å². The van der Waals surface area contributed by atoms with E-state index in [9.17, 15) is 0 Å². The predicted octanol–water partition coefficient (Wildman–Crippen LogP) is 4.79. The van der Waals surface area contributed by atoms with Crippen molar-refractivity contribution in [3.8, 4) is 0 Å². The number of hydrogen-bond donors (Lipinski definition) is 0. The van der Waals surface area contributed by atoms with Crippen molar-refractivity contribution in [2.45, 2.75) is 36.6 Å². The molecule has 22 heavy (non-hydrogen) atoms. The number of piperidine rings is 1. The molecule has 0 bridgehead atoms. The average Bonchev–Trinajstić information content (AvgIpc) is 2.61. The van der Waals surface area contributed by atoms with Gasteiger partial charge in [-0.1, -0.05) is 30.7 Å². The van der Waals surface area contributed by atoms with Gasteiger partial charge in [-0.05, 0) is 61.9 Å². The maximum atomic E-state index is 4.30. The summed E-state index contributed by atoms with van der Waals surface area (Å²) in [5.41, 5.74) is 1.39. The summed E-state index contributed by atoms with van der Waals surface area (Å²) in [5, 5.41) is 0. The van der Waals surface area contributed by atoms with Crippen LogP contribution in [0.25, 0.3) is 0 Å². The standard InChI is InChI=1S/C19H24N2S/c1-2-9-18(10-3-1)22-15-7-14-21-13-5-4-11-19(21)17-8-6-12-20-16-17/h1-3,6,8-10,12,16,19H,4-5,7,11,13-15H2/t19-/m0/s1. The Morgan fingerprint density at radius 3 is 2.82 bits per heavy atom. The first-order valence-electron chi connectivity index (χ1n) is 8.25. The van der Waals surface area contributed by atoms with E-state index in [0.717, 1.165) is 0 Å². The molecule has 2 aromatic rings. The van der Waals surface area contributed by atoms with E-state index >= 15 is 0 Å². The van der Waals surface area contributed by atoms with Crippen LogP contribution in [0.4, 0.5) is 0 Å². The highest BCUT2D eigenvalue weighted by Gasteiger charge is 2.23. The van der Waals surface area contributed by atoms with Crippen LogP contribution in [0.15, 0.2) is 59.8 Å². The van der Waals surface area contributed by atoms with Crippen LogP contribution in [-0.4, -0.2) is 28.7 Å². The Morgan fingerprint density at radius 2 is 2.00 bits per heavy atom. The van der Waals surface area contributed by atoms with E-state index < -0.39 is 0 Å². The largest absolute Gasteiger partial charge is 0.296 e. The van der Waals surface area contributed by atoms with E-state index in [1.165, 1.54) is 55.0 Å². The first-order chi connectivity index (χ1) is 10.9. The Kier molecular flexibility index (Phi) is 5.91. The summed E-state index contributed by atoms with van der Waals surface area (Å²) < 4.78 is 0. The molecule has 3 rings (SSSR count). The molecule has 2 nitrogen and oxygen atoms in total. The van der Waals surface area contributed by atoms with Crippen molar-refractivity contribution in [1.82, 2.24) is 9.88 Å². The summed E-state index contributed by atoms with van der Waals surface area (Å²) in [6.45, 7) is 2.43. The smallest absolute Gasteiger partial charge is 0.0363 e. The number of benzene rings is 1. The van der Waals surface area contributed by atoms with Crippen LogP contribution in [-0.2, 0) is 0 Å². The molecule has 1 fully saturated rings. The Balaban J connectivity index is 1.49. The predicted molar refractivity (Wildman–Crippen MR) is 94.2 cm³/mol. The molecule has 116 valence electrons. The van der Waals surface area contributed by atoms with Crippen molar-refractivity contribution in [2.75, 3.05) is 18.8 Å². The fraction of sp³-hybridized carbons (Fsp3) is 0.421. The van der Waals surface area contributed by atoms with Crippen LogP contribution in [0.2, 0.25) is 0 Å². The molecule has 0 spiro atoms. The molecule has 1 atom stereocenters. The summed E-state index contributed by atoms with van der Waals surface area (Å²) >= 11 is 1.97. The zero-order valence-electron chi connectivity index (χ0n) is 13.0. The second kappa shape index (κ2) is 8.35. The highest BCUT2D eigenvalue weighted by molar-refractivity contribution is 7.99. The van der Waals surface area contributed by atoms with Gasteiger partial charge in [0.25, 0.3) is 0 Å². The maximum Gasteiger partial charge on any atom is 0.0363 e. The first-order valence-corrected chi connectivity index (χ1v) is 9.24. The fourth-order valence-electron chi connectivity index (χ4n) is 3.18. The van der Waals surface area contributed by atoms with Crippen LogP contribution >= 0.6 is 11.8 Å². The number of rotatable bonds is 6. The number of nitrogens with zero attached hydrogens (tertiary/aromatic N) is 2. The molecule has 1 aromatic heterocycles. The number of thioether (sulfide) groups is 1. The molecule has 0 N–H and O–H groups in total. The van der Waals surface area contributed by atoms with Gasteiger partial charge in [0.1, 0.15) is 0 Å². The van der Waals surface area contributed by atoms with Crippen molar-refractivity contribution in [2.24, 2.45) is 0 Å². The van der Waals surface area contributed by atoms with Crippen molar-refractivity contribution >= 4 is 11.8 Å². The van der Waals surface area contributed by atoms with Gasteiger partial charge in [0, 0.05) is 23.3 Å². The van der Waals surface area contributed by atoms with Crippen LogP contribution in [0.1, 0.15) is 37.3 Å². The van der Waals surface area contributed by atoms with E-state index in [0.29, 0.717) is 6.04 Å². The highest BCUT2D eigenvalue weighted by atomic mass is 32.2. The number of pyridine rings is 1. The molecular weight excluding hydrogens is 288 g/mol. The van der Waals surface area contributed by atoms with Crippen molar-refractivity contribution in [3.63, 3.8) is 0 Å². The van der Waals surface area contributed by atoms with Gasteiger partial charge in [-0.2, -0.15) is 0 Å². The van der Waals surface area contributed by atoms with Crippen LogP contribution in [0, 0.1) is 0 Å². The highest BCUT2D eigenvalue weighted by Crippen LogP contribution is 2.30. The number of hydrogen-bond acceptors (Lipinski definition) is 3. The van der Waals surface area contributed by atoms with Crippen molar-refractivity contribution in [3.05, 3.63) is 60.4 Å². The van der Waals surface area contributed by atoms with E-state index in [1.807, 2.05) is 24.2 Å². The molecule has 0 aliphatic carbocycles. The molecule has 1 aromatic carbocycles. The zero-order valence-corrected chi connectivity index (χ0v) is 13.8. The fourth-order valence-corrected chi connectivity index (χ4v) is 4.04. The summed E-state index contributed by atoms with van der Waals surface area (Å²) in [5.74, 6) is 1.19. The van der Waals surface area contributed by atoms with Crippen LogP contribution in [0.5, 0.6) is 0 Å². The van der Waals surface area contributed by atoms with E-state index in [1.54, 1.807) is 0 Å². The summed E-state index contributed by atoms with van der Waals surface area (Å²) in [6.07, 6.45) is 9.11. The minimum absolute atomic E-state index is 0.573. The van der Waals surface area contributed by atoms with E-state index in [4.69, 9.17) is 0 Å². The van der Waals surface area contributed by atoms with Crippen LogP contribution in [0.3, 0.4) is 0 Å². The molecule has 2 heterocycles. The molecular formula is C19H24N2S. The lowest BCUT2D eigenvalue weighted by Gasteiger charge is -2.35. The molecule has 1 aliphatic rings. The average molecular weight is 312 g/mol. The summed E-state index contributed by atoms with van der Waals surface area (Å²) in [7, 11) is 0. The lowest BCUT2D eigenvalue weighted by molar-refractivity contribution is 0.149. The van der Waals surface area contributed by atoms with Gasteiger partial charge in [-0.25, -0.2) is 0 Å². The van der Waals surface area contributed by atoms with Gasteiger partial charge < -0.3 is 0 Å². The van der Waals surface area contributed by atoms with Crippen LogP contribution < -0.4 is 0 Å². The normalized spacial score (nSPS) is 19.2. The third-order valence-electron chi connectivity index (χ3n) is 4.28. The van der Waals surface area contributed by atoms with Gasteiger partial charge in [0.2, 0.25) is 0 Å². The number of likely N-dealkylation sites (tertiary alicyclic amines) is 1. The van der Waals surface area contributed by atoms with Gasteiger partial charge >= 0.3 is 0 Å². The lowest BCUT2D eigenvalue weighted by Crippen LogP contribution is -2.34. The number of aromatic nitrogens is 1. The molecule has 1 saturated heterocycles. The molecule has 0 saturated carbocycles. The minimum Gasteiger partial charge on any atom is -0.296 e. The molecule has 0 amide bonds. The van der Waals surface area contributed by atoms with Gasteiger partial charge in [0.05, 0.1) is 0 Å². The molecule has 1 aliphatic heterocycles. The van der Waals surface area contributed by atoms with E-state index in [2.05, 4.69) is 52.3 Å². The Morgan fingerprint density at radius 1 is 1.09 bits per heavy atom. The lowest BCUT2D eigenvalue weighted by atomic mass is 9.96. The Labute approximate surface area is 138 Å². The van der Waals surface area contributed by atoms with Gasteiger partial charge in [0.15, 0.2) is 0 Å². The Bertz CT molecular complexity index is 544. The molecule has 3 heteroatoms. The molecule has 0 unspecified atom stereocenters. The topological polar surface area (TPSA) is 16.1 Å². The molecule has 0 radical (unpaired) electrons. The third-order valence-corrected chi connectivity index (χ3v) is 5.38. The Hall–Kier alpha value is -1.32. The van der Waals surface area contributed by atoms with Crippen molar-refractivity contribution in [1.29, 1.82) is 0 Å². The second-order valence-electron chi connectivity index (χ2n) is 5.85. The second-order valence-corrected chi connectivity index (χ2v) is 7.02. The van der Waals surface area contributed by atoms with Crippen molar-refractivity contribution < 1.29 is 0 Å². The summed E-state index contributed by atoms with van der Waals surface area (Å²) in [4.78, 5) is 8.34. The SMILES string of the molecule is c1ccc(SCCCN2CCCC[C@H]2c2cccnc2)cc1. The first kappa shape index (κ1) is 15.6. The third kappa shape index (κ3) is 4.34. The quantitative estimate of drug-likeness (QED) is 0.563. The maximum absolute atomic E-state index is 4.30. The summed E-state index contributed by atoms with van der Waals surface area (Å²) in [6, 6.07) is 15.6.